The van der Waals surface area contributed by atoms with Gasteiger partial charge in [-0.25, -0.2) is 0 Å². The summed E-state index contributed by atoms with van der Waals surface area (Å²) in [5.41, 5.74) is 0. The zero-order valence-electron chi connectivity index (χ0n) is 10.2. The van der Waals surface area contributed by atoms with Crippen molar-refractivity contribution in [3.63, 3.8) is 0 Å². The van der Waals surface area contributed by atoms with Crippen LogP contribution in [0.2, 0.25) is 0 Å². The van der Waals surface area contributed by atoms with Crippen molar-refractivity contribution in [1.82, 2.24) is 10.2 Å². The van der Waals surface area contributed by atoms with Gasteiger partial charge in [0.2, 0.25) is 0 Å². The predicted octanol–water partition coefficient (Wildman–Crippen LogP) is 0.764. The summed E-state index contributed by atoms with van der Waals surface area (Å²) in [5.74, 6) is 0.184. The topological polar surface area (TPSA) is 41.6 Å². The molecular formula is C12H22N2O2. The highest BCUT2D eigenvalue weighted by atomic mass is 16.5. The Kier molecular flexibility index (Phi) is 3.82. The van der Waals surface area contributed by atoms with Gasteiger partial charge >= 0.3 is 0 Å². The highest BCUT2D eigenvalue weighted by Crippen LogP contribution is 2.27. The number of hydrogen-bond acceptors (Lipinski definition) is 3. The first-order valence-corrected chi connectivity index (χ1v) is 6.38. The van der Waals surface area contributed by atoms with Crippen molar-refractivity contribution in [2.75, 3.05) is 19.7 Å². The third-order valence-corrected chi connectivity index (χ3v) is 3.71. The summed E-state index contributed by atoms with van der Waals surface area (Å²) < 4.78 is 5.54. The number of carbonyl (C=O) groups is 1. The molecule has 2 rings (SSSR count). The second-order valence-electron chi connectivity index (χ2n) is 4.80. The highest BCUT2D eigenvalue weighted by Gasteiger charge is 2.37. The van der Waals surface area contributed by atoms with E-state index in [9.17, 15) is 4.79 Å². The summed E-state index contributed by atoms with van der Waals surface area (Å²) in [6.07, 6.45) is 3.06. The normalized spacial score (nSPS) is 35.4. The molecule has 1 N–H and O–H groups in total. The van der Waals surface area contributed by atoms with Gasteiger partial charge in [0.25, 0.3) is 5.91 Å². The minimum atomic E-state index is -0.261. The van der Waals surface area contributed by atoms with Crippen LogP contribution in [-0.2, 0) is 9.53 Å². The monoisotopic (exact) mass is 226 g/mol. The van der Waals surface area contributed by atoms with Crippen LogP contribution in [0.1, 0.15) is 33.1 Å². The summed E-state index contributed by atoms with van der Waals surface area (Å²) in [7, 11) is 0. The standard InChI is InChI=1S/C12H22N2O2/c1-3-10-5-4-9(2)14(10)12(15)11-8-13-6-7-16-11/h9-11,13H,3-8H2,1-2H3. The van der Waals surface area contributed by atoms with E-state index >= 15 is 0 Å². The number of amides is 1. The molecule has 2 fully saturated rings. The lowest BCUT2D eigenvalue weighted by molar-refractivity contribution is -0.148. The van der Waals surface area contributed by atoms with Crippen molar-refractivity contribution in [2.45, 2.75) is 51.3 Å². The van der Waals surface area contributed by atoms with E-state index in [1.165, 1.54) is 0 Å². The number of likely N-dealkylation sites (tertiary alicyclic amines) is 1. The van der Waals surface area contributed by atoms with Crippen LogP contribution in [0.15, 0.2) is 0 Å². The van der Waals surface area contributed by atoms with Crippen LogP contribution in [0.5, 0.6) is 0 Å². The largest absolute Gasteiger partial charge is 0.366 e. The molecule has 0 spiro atoms. The molecule has 0 aromatic heterocycles. The summed E-state index contributed by atoms with van der Waals surface area (Å²) in [5, 5.41) is 3.21. The van der Waals surface area contributed by atoms with Gasteiger partial charge in [-0.3, -0.25) is 4.79 Å². The van der Waals surface area contributed by atoms with Gasteiger partial charge in [-0.1, -0.05) is 6.92 Å². The third-order valence-electron chi connectivity index (χ3n) is 3.71. The van der Waals surface area contributed by atoms with E-state index in [1.54, 1.807) is 0 Å². The van der Waals surface area contributed by atoms with E-state index < -0.39 is 0 Å². The van der Waals surface area contributed by atoms with Gasteiger partial charge in [-0.2, -0.15) is 0 Å². The van der Waals surface area contributed by atoms with Crippen LogP contribution in [0, 0.1) is 0 Å². The second-order valence-corrected chi connectivity index (χ2v) is 4.80. The summed E-state index contributed by atoms with van der Waals surface area (Å²) in [4.78, 5) is 14.4. The molecule has 2 aliphatic heterocycles. The van der Waals surface area contributed by atoms with Gasteiger partial charge in [-0.05, 0) is 26.2 Å². The fraction of sp³-hybridized carbons (Fsp3) is 0.917. The molecule has 0 aliphatic carbocycles. The van der Waals surface area contributed by atoms with Crippen molar-refractivity contribution in [1.29, 1.82) is 0 Å². The molecule has 1 amide bonds. The molecule has 0 aromatic rings. The zero-order chi connectivity index (χ0) is 11.5. The lowest BCUT2D eigenvalue weighted by Gasteiger charge is -2.33. The van der Waals surface area contributed by atoms with Gasteiger partial charge < -0.3 is 15.0 Å². The molecule has 0 aromatic carbocycles. The summed E-state index contributed by atoms with van der Waals surface area (Å²) >= 11 is 0. The van der Waals surface area contributed by atoms with Gasteiger partial charge in [0, 0.05) is 25.2 Å². The first-order chi connectivity index (χ1) is 7.74. The van der Waals surface area contributed by atoms with Gasteiger partial charge in [-0.15, -0.1) is 0 Å². The molecule has 2 heterocycles. The number of carbonyl (C=O) groups excluding carboxylic acids is 1. The van der Waals surface area contributed by atoms with Gasteiger partial charge in [0.05, 0.1) is 6.61 Å². The number of ether oxygens (including phenoxy) is 1. The molecule has 3 atom stereocenters. The van der Waals surface area contributed by atoms with Crippen molar-refractivity contribution in [3.05, 3.63) is 0 Å². The van der Waals surface area contributed by atoms with Crippen LogP contribution in [0.3, 0.4) is 0 Å². The minimum Gasteiger partial charge on any atom is -0.366 e. The van der Waals surface area contributed by atoms with E-state index in [0.717, 1.165) is 25.8 Å². The lowest BCUT2D eigenvalue weighted by atomic mass is 10.1. The van der Waals surface area contributed by atoms with Crippen molar-refractivity contribution >= 4 is 5.91 Å². The average molecular weight is 226 g/mol. The van der Waals surface area contributed by atoms with Crippen molar-refractivity contribution < 1.29 is 9.53 Å². The molecule has 92 valence electrons. The Morgan fingerprint density at radius 3 is 2.94 bits per heavy atom. The van der Waals surface area contributed by atoms with E-state index in [-0.39, 0.29) is 12.0 Å². The smallest absolute Gasteiger partial charge is 0.253 e. The second kappa shape index (κ2) is 5.15. The Morgan fingerprint density at radius 2 is 2.31 bits per heavy atom. The van der Waals surface area contributed by atoms with E-state index in [1.807, 2.05) is 0 Å². The Bertz CT molecular complexity index is 251. The number of morpholine rings is 1. The molecule has 4 nitrogen and oxygen atoms in total. The Morgan fingerprint density at radius 1 is 1.50 bits per heavy atom. The highest BCUT2D eigenvalue weighted by molar-refractivity contribution is 5.82. The van der Waals surface area contributed by atoms with E-state index in [4.69, 9.17) is 4.74 Å². The SMILES string of the molecule is CCC1CCC(C)N1C(=O)C1CNCCO1. The molecule has 3 unspecified atom stereocenters. The molecule has 0 saturated carbocycles. The fourth-order valence-corrected chi connectivity index (χ4v) is 2.76. The van der Waals surface area contributed by atoms with Gasteiger partial charge in [0.1, 0.15) is 6.10 Å². The quantitative estimate of drug-likeness (QED) is 0.756. The maximum absolute atomic E-state index is 12.3. The molecule has 16 heavy (non-hydrogen) atoms. The number of nitrogens with zero attached hydrogens (tertiary/aromatic N) is 1. The first-order valence-electron chi connectivity index (χ1n) is 6.38. The van der Waals surface area contributed by atoms with E-state index in [2.05, 4.69) is 24.1 Å². The summed E-state index contributed by atoms with van der Waals surface area (Å²) in [6, 6.07) is 0.802. The van der Waals surface area contributed by atoms with Crippen LogP contribution in [-0.4, -0.2) is 48.7 Å². The van der Waals surface area contributed by atoms with Crippen LogP contribution in [0.25, 0.3) is 0 Å². The molecule has 4 heteroatoms. The molecular weight excluding hydrogens is 204 g/mol. The third kappa shape index (κ3) is 2.23. The van der Waals surface area contributed by atoms with E-state index in [0.29, 0.717) is 25.2 Å². The predicted molar refractivity (Wildman–Crippen MR) is 62.2 cm³/mol. The molecule has 2 aliphatic rings. The Labute approximate surface area is 97.3 Å². The number of rotatable bonds is 2. The Hall–Kier alpha value is -0.610. The fourth-order valence-electron chi connectivity index (χ4n) is 2.76. The Balaban J connectivity index is 2.01. The summed E-state index contributed by atoms with van der Waals surface area (Å²) in [6.45, 7) is 6.47. The average Bonchev–Trinajstić information content (AvgIpc) is 2.70. The van der Waals surface area contributed by atoms with Crippen LogP contribution < -0.4 is 5.32 Å². The number of nitrogens with one attached hydrogen (secondary N) is 1. The first kappa shape index (κ1) is 11.9. The molecule has 0 bridgehead atoms. The van der Waals surface area contributed by atoms with Crippen LogP contribution in [0.4, 0.5) is 0 Å². The lowest BCUT2D eigenvalue weighted by Crippen LogP contribution is -2.52. The zero-order valence-corrected chi connectivity index (χ0v) is 10.2. The van der Waals surface area contributed by atoms with Crippen molar-refractivity contribution in [3.8, 4) is 0 Å². The maximum atomic E-state index is 12.3. The van der Waals surface area contributed by atoms with Crippen molar-refractivity contribution in [2.24, 2.45) is 0 Å². The minimum absolute atomic E-state index is 0.184. The maximum Gasteiger partial charge on any atom is 0.253 e. The number of hydrogen-bond donors (Lipinski definition) is 1. The molecule has 2 saturated heterocycles. The van der Waals surface area contributed by atoms with Crippen LogP contribution >= 0.6 is 0 Å². The van der Waals surface area contributed by atoms with Gasteiger partial charge in [0.15, 0.2) is 0 Å². The molecule has 0 radical (unpaired) electrons.